The van der Waals surface area contributed by atoms with Crippen LogP contribution in [0.3, 0.4) is 0 Å². The second-order valence-electron chi connectivity index (χ2n) is 7.60. The van der Waals surface area contributed by atoms with E-state index in [9.17, 15) is 4.79 Å². The van der Waals surface area contributed by atoms with Gasteiger partial charge in [0.2, 0.25) is 0 Å². The number of imidazole rings is 1. The fourth-order valence-corrected chi connectivity index (χ4v) is 3.95. The third kappa shape index (κ3) is 4.03. The molecule has 0 atom stereocenters. The van der Waals surface area contributed by atoms with Gasteiger partial charge in [0, 0.05) is 37.6 Å². The zero-order valence-corrected chi connectivity index (χ0v) is 17.6. The number of piperidine rings is 1. The van der Waals surface area contributed by atoms with Crippen molar-refractivity contribution in [3.63, 3.8) is 0 Å². The molecule has 1 amide bonds. The fourth-order valence-electron chi connectivity index (χ4n) is 3.95. The van der Waals surface area contributed by atoms with Gasteiger partial charge in [0.05, 0.1) is 19.9 Å². The zero-order valence-electron chi connectivity index (χ0n) is 17.6. The Bertz CT molecular complexity index is 1020. The Balaban J connectivity index is 1.42. The van der Waals surface area contributed by atoms with Crippen LogP contribution in [0, 0.1) is 12.8 Å². The number of hydrogen-bond acceptors (Lipinski definition) is 5. The van der Waals surface area contributed by atoms with Crippen LogP contribution in [0.2, 0.25) is 0 Å². The molecule has 1 aliphatic rings. The van der Waals surface area contributed by atoms with Crippen LogP contribution < -0.4 is 9.47 Å². The van der Waals surface area contributed by atoms with Gasteiger partial charge < -0.3 is 18.9 Å². The summed E-state index contributed by atoms with van der Waals surface area (Å²) < 4.78 is 12.9. The van der Waals surface area contributed by atoms with Gasteiger partial charge in [-0.05, 0) is 49.9 Å². The van der Waals surface area contributed by atoms with Gasteiger partial charge in [-0.25, -0.2) is 4.98 Å². The lowest BCUT2D eigenvalue weighted by Gasteiger charge is -2.32. The third-order valence-corrected chi connectivity index (χ3v) is 5.77. The molecule has 4 rings (SSSR count). The van der Waals surface area contributed by atoms with Gasteiger partial charge in [-0.2, -0.15) is 5.10 Å². The van der Waals surface area contributed by atoms with Gasteiger partial charge >= 0.3 is 0 Å². The van der Waals surface area contributed by atoms with Crippen molar-refractivity contribution in [2.24, 2.45) is 5.92 Å². The molecule has 1 N–H and O–H groups in total. The van der Waals surface area contributed by atoms with Crippen LogP contribution in [0.4, 0.5) is 0 Å². The molecule has 2 aromatic heterocycles. The van der Waals surface area contributed by atoms with Crippen LogP contribution in [0.1, 0.15) is 29.2 Å². The van der Waals surface area contributed by atoms with Crippen molar-refractivity contribution in [2.75, 3.05) is 27.3 Å². The van der Waals surface area contributed by atoms with E-state index in [0.717, 1.165) is 43.9 Å². The number of carbonyl (C=O) groups is 1. The first-order chi connectivity index (χ1) is 14.6. The highest BCUT2D eigenvalue weighted by Gasteiger charge is 2.25. The fraction of sp³-hybridized carbons (Fsp3) is 0.409. The number of amides is 1. The summed E-state index contributed by atoms with van der Waals surface area (Å²) in [7, 11) is 3.22. The minimum atomic E-state index is -0.0205. The van der Waals surface area contributed by atoms with Crippen molar-refractivity contribution in [3.05, 3.63) is 48.2 Å². The van der Waals surface area contributed by atoms with E-state index in [0.29, 0.717) is 28.8 Å². The van der Waals surface area contributed by atoms with E-state index in [1.807, 2.05) is 42.4 Å². The normalized spacial score (nSPS) is 14.7. The average Bonchev–Trinajstić information content (AvgIpc) is 3.43. The highest BCUT2D eigenvalue weighted by molar-refractivity contribution is 5.93. The molecule has 0 aliphatic carbocycles. The van der Waals surface area contributed by atoms with E-state index < -0.39 is 0 Å². The number of aromatic nitrogens is 4. The minimum absolute atomic E-state index is 0.0205. The van der Waals surface area contributed by atoms with E-state index in [-0.39, 0.29) is 5.91 Å². The molecule has 0 unspecified atom stereocenters. The summed E-state index contributed by atoms with van der Waals surface area (Å²) in [5, 5.41) is 7.24. The number of ether oxygens (including phenoxy) is 2. The molecular weight excluding hydrogens is 382 g/mol. The third-order valence-electron chi connectivity index (χ3n) is 5.77. The summed E-state index contributed by atoms with van der Waals surface area (Å²) in [5.41, 5.74) is 1.92. The topological polar surface area (TPSA) is 85.3 Å². The second kappa shape index (κ2) is 8.61. The molecule has 30 heavy (non-hydrogen) atoms. The Hall–Kier alpha value is -3.29. The average molecular weight is 409 g/mol. The molecule has 1 aliphatic heterocycles. The number of benzene rings is 1. The first kappa shape index (κ1) is 20.0. The number of hydrogen-bond donors (Lipinski definition) is 1. The molecule has 1 saturated heterocycles. The van der Waals surface area contributed by atoms with E-state index in [4.69, 9.17) is 9.47 Å². The first-order valence-electron chi connectivity index (χ1n) is 10.1. The van der Waals surface area contributed by atoms with Gasteiger partial charge in [-0.1, -0.05) is 0 Å². The van der Waals surface area contributed by atoms with Crippen LogP contribution in [0.5, 0.6) is 11.5 Å². The molecule has 0 spiro atoms. The highest BCUT2D eigenvalue weighted by atomic mass is 16.5. The number of rotatable bonds is 6. The zero-order chi connectivity index (χ0) is 21.1. The molecule has 8 nitrogen and oxygen atoms in total. The van der Waals surface area contributed by atoms with Crippen LogP contribution in [0.15, 0.2) is 36.7 Å². The van der Waals surface area contributed by atoms with Gasteiger partial charge in [0.25, 0.3) is 5.91 Å². The first-order valence-corrected chi connectivity index (χ1v) is 10.1. The Morgan fingerprint density at radius 3 is 2.67 bits per heavy atom. The minimum Gasteiger partial charge on any atom is -0.497 e. The van der Waals surface area contributed by atoms with E-state index in [2.05, 4.69) is 19.7 Å². The SMILES string of the molecule is COc1ccc(OC)c(-c2cc(C(=O)N3CCC(Cn4ccnc4C)CC3)[nH]n2)c1. The standard InChI is InChI=1S/C22H27N5O3/c1-15-23-8-11-27(15)14-16-6-9-26(10-7-16)22(28)20-13-19(24-25-20)18-12-17(29-2)4-5-21(18)30-3/h4-5,8,11-13,16H,6-7,9-10,14H2,1-3H3,(H,24,25). The number of methoxy groups -OCH3 is 2. The Morgan fingerprint density at radius 1 is 1.20 bits per heavy atom. The number of H-pyrrole nitrogens is 1. The largest absolute Gasteiger partial charge is 0.497 e. The number of nitrogens with zero attached hydrogens (tertiary/aromatic N) is 4. The van der Waals surface area contributed by atoms with E-state index in [1.165, 1.54) is 0 Å². The van der Waals surface area contributed by atoms with E-state index in [1.54, 1.807) is 20.3 Å². The van der Waals surface area contributed by atoms with E-state index >= 15 is 0 Å². The van der Waals surface area contributed by atoms with Crippen molar-refractivity contribution in [1.29, 1.82) is 0 Å². The molecular formula is C22H27N5O3. The lowest BCUT2D eigenvalue weighted by molar-refractivity contribution is 0.0676. The van der Waals surface area contributed by atoms with Crippen molar-refractivity contribution >= 4 is 5.91 Å². The molecule has 1 aromatic carbocycles. The molecule has 8 heteroatoms. The summed E-state index contributed by atoms with van der Waals surface area (Å²) in [5.74, 6) is 2.95. The number of carbonyl (C=O) groups excluding carboxylic acids is 1. The molecule has 1 fully saturated rings. The maximum atomic E-state index is 13.0. The number of likely N-dealkylation sites (tertiary alicyclic amines) is 1. The lowest BCUT2D eigenvalue weighted by Crippen LogP contribution is -2.39. The van der Waals surface area contributed by atoms with Crippen molar-refractivity contribution in [2.45, 2.75) is 26.3 Å². The van der Waals surface area contributed by atoms with Crippen LogP contribution >= 0.6 is 0 Å². The maximum Gasteiger partial charge on any atom is 0.271 e. The van der Waals surface area contributed by atoms with Gasteiger partial charge in [0.1, 0.15) is 23.0 Å². The smallest absolute Gasteiger partial charge is 0.271 e. The molecule has 3 aromatic rings. The molecule has 0 saturated carbocycles. The van der Waals surface area contributed by atoms with Gasteiger partial charge in [0.15, 0.2) is 0 Å². The number of aryl methyl sites for hydroxylation is 1. The summed E-state index contributed by atoms with van der Waals surface area (Å²) in [4.78, 5) is 19.2. The summed E-state index contributed by atoms with van der Waals surface area (Å²) in [6.07, 6.45) is 5.81. The predicted octanol–water partition coefficient (Wildman–Crippen LogP) is 3.15. The summed E-state index contributed by atoms with van der Waals surface area (Å²) >= 11 is 0. The molecule has 3 heterocycles. The molecule has 0 radical (unpaired) electrons. The van der Waals surface area contributed by atoms with Crippen molar-refractivity contribution < 1.29 is 14.3 Å². The quantitative estimate of drug-likeness (QED) is 0.676. The second-order valence-corrected chi connectivity index (χ2v) is 7.60. The van der Waals surface area contributed by atoms with Crippen LogP contribution in [0.25, 0.3) is 11.3 Å². The van der Waals surface area contributed by atoms with Crippen molar-refractivity contribution in [3.8, 4) is 22.8 Å². The maximum absolute atomic E-state index is 13.0. The molecule has 0 bridgehead atoms. The summed E-state index contributed by atoms with van der Waals surface area (Å²) in [6.45, 7) is 4.46. The molecule has 158 valence electrons. The predicted molar refractivity (Wildman–Crippen MR) is 113 cm³/mol. The Morgan fingerprint density at radius 2 is 2.00 bits per heavy atom. The Kier molecular flexibility index (Phi) is 5.74. The van der Waals surface area contributed by atoms with Crippen molar-refractivity contribution in [1.82, 2.24) is 24.6 Å². The van der Waals surface area contributed by atoms with Gasteiger partial charge in [-0.3, -0.25) is 9.89 Å². The van der Waals surface area contributed by atoms with Crippen LogP contribution in [-0.4, -0.2) is 57.9 Å². The number of nitrogens with one attached hydrogen (secondary N) is 1. The van der Waals surface area contributed by atoms with Gasteiger partial charge in [-0.15, -0.1) is 0 Å². The van der Waals surface area contributed by atoms with Crippen LogP contribution in [-0.2, 0) is 6.54 Å². The summed E-state index contributed by atoms with van der Waals surface area (Å²) in [6, 6.07) is 7.29. The Labute approximate surface area is 175 Å². The monoisotopic (exact) mass is 409 g/mol. The lowest BCUT2D eigenvalue weighted by atomic mass is 9.96. The highest BCUT2D eigenvalue weighted by Crippen LogP contribution is 2.32. The number of aromatic amines is 1.